The van der Waals surface area contributed by atoms with Crippen LogP contribution < -0.4 is 0 Å². The molecule has 138 valence electrons. The highest BCUT2D eigenvalue weighted by Gasteiger charge is 2.41. The molecular formula is C23H27ClO2. The molecule has 0 spiro atoms. The van der Waals surface area contributed by atoms with Crippen LogP contribution in [-0.4, -0.2) is 12.4 Å². The first-order chi connectivity index (χ1) is 12.7. The summed E-state index contributed by atoms with van der Waals surface area (Å²) in [5, 5.41) is 0.806. The molecule has 0 aromatic heterocycles. The SMILES string of the molecule is Cc1ccc(CCCCCCCc2ccc(Cl)cc2)c(C2OC2C=O)c1. The van der Waals surface area contributed by atoms with Crippen molar-refractivity contribution in [2.75, 3.05) is 0 Å². The minimum absolute atomic E-state index is 0.0122. The maximum atomic E-state index is 10.9. The summed E-state index contributed by atoms with van der Waals surface area (Å²) in [4.78, 5) is 10.9. The summed E-state index contributed by atoms with van der Waals surface area (Å²) in [5.41, 5.74) is 5.15. The quantitative estimate of drug-likeness (QED) is 0.290. The van der Waals surface area contributed by atoms with Crippen molar-refractivity contribution in [3.63, 3.8) is 0 Å². The zero-order chi connectivity index (χ0) is 18.4. The summed E-state index contributed by atoms with van der Waals surface area (Å²) in [5.74, 6) is 0. The average Bonchev–Trinajstić information content (AvgIpc) is 3.43. The van der Waals surface area contributed by atoms with Gasteiger partial charge in [0, 0.05) is 5.02 Å². The monoisotopic (exact) mass is 370 g/mol. The molecule has 0 bridgehead atoms. The number of hydrogen-bond donors (Lipinski definition) is 0. The minimum atomic E-state index is -0.233. The average molecular weight is 371 g/mol. The van der Waals surface area contributed by atoms with E-state index in [2.05, 4.69) is 37.3 Å². The van der Waals surface area contributed by atoms with E-state index in [1.807, 2.05) is 12.1 Å². The Balaban J connectivity index is 1.36. The van der Waals surface area contributed by atoms with Crippen LogP contribution >= 0.6 is 11.6 Å². The third-order valence-electron chi connectivity index (χ3n) is 5.09. The van der Waals surface area contributed by atoms with E-state index < -0.39 is 0 Å². The Morgan fingerprint density at radius 1 is 0.962 bits per heavy atom. The molecule has 3 rings (SSSR count). The zero-order valence-corrected chi connectivity index (χ0v) is 16.2. The smallest absolute Gasteiger partial charge is 0.151 e. The molecule has 1 saturated heterocycles. The van der Waals surface area contributed by atoms with Crippen LogP contribution in [0.25, 0.3) is 0 Å². The zero-order valence-electron chi connectivity index (χ0n) is 15.4. The molecule has 0 amide bonds. The van der Waals surface area contributed by atoms with Crippen molar-refractivity contribution in [2.45, 2.75) is 64.1 Å². The minimum Gasteiger partial charge on any atom is -0.356 e. The number of halogens is 1. The van der Waals surface area contributed by atoms with Gasteiger partial charge in [-0.3, -0.25) is 0 Å². The fourth-order valence-electron chi connectivity index (χ4n) is 3.51. The van der Waals surface area contributed by atoms with Gasteiger partial charge < -0.3 is 9.53 Å². The number of hydrogen-bond acceptors (Lipinski definition) is 2. The molecule has 1 aliphatic rings. The molecular weight excluding hydrogens is 344 g/mol. The molecule has 26 heavy (non-hydrogen) atoms. The Morgan fingerprint density at radius 3 is 2.35 bits per heavy atom. The second kappa shape index (κ2) is 9.34. The van der Waals surface area contributed by atoms with Gasteiger partial charge in [-0.1, -0.05) is 66.8 Å². The van der Waals surface area contributed by atoms with Gasteiger partial charge >= 0.3 is 0 Å². The van der Waals surface area contributed by atoms with Crippen LogP contribution in [0.2, 0.25) is 5.02 Å². The summed E-state index contributed by atoms with van der Waals surface area (Å²) in [6.45, 7) is 2.09. The summed E-state index contributed by atoms with van der Waals surface area (Å²) in [7, 11) is 0. The number of carbonyl (C=O) groups excluding carboxylic acids is 1. The fraction of sp³-hybridized carbons (Fsp3) is 0.435. The van der Waals surface area contributed by atoms with Gasteiger partial charge in [-0.25, -0.2) is 0 Å². The standard InChI is InChI=1S/C23H27ClO2/c1-17-9-12-19(21(15-17)23-22(16-25)26-23)8-6-4-2-3-5-7-18-10-13-20(24)14-11-18/h9-16,22-23H,2-8H2,1H3. The van der Waals surface area contributed by atoms with E-state index in [0.29, 0.717) is 0 Å². The molecule has 1 fully saturated rings. The normalized spacial score (nSPS) is 18.7. The van der Waals surface area contributed by atoms with Crippen LogP contribution in [0.1, 0.15) is 60.5 Å². The Bertz CT molecular complexity index is 723. The number of ether oxygens (including phenoxy) is 1. The van der Waals surface area contributed by atoms with Gasteiger partial charge in [0.15, 0.2) is 6.29 Å². The molecule has 3 heteroatoms. The van der Waals surface area contributed by atoms with E-state index in [1.165, 1.54) is 54.4 Å². The van der Waals surface area contributed by atoms with Crippen molar-refractivity contribution in [2.24, 2.45) is 0 Å². The number of carbonyl (C=O) groups is 1. The lowest BCUT2D eigenvalue weighted by Crippen LogP contribution is -1.97. The summed E-state index contributed by atoms with van der Waals surface area (Å²) >= 11 is 5.91. The predicted molar refractivity (Wildman–Crippen MR) is 107 cm³/mol. The molecule has 0 saturated carbocycles. The van der Waals surface area contributed by atoms with Gasteiger partial charge in [-0.15, -0.1) is 0 Å². The second-order valence-corrected chi connectivity index (χ2v) is 7.69. The maximum Gasteiger partial charge on any atom is 0.151 e. The first-order valence-electron chi connectivity index (χ1n) is 9.62. The summed E-state index contributed by atoms with van der Waals surface area (Å²) < 4.78 is 5.48. The maximum absolute atomic E-state index is 10.9. The van der Waals surface area contributed by atoms with Crippen LogP contribution in [-0.2, 0) is 22.4 Å². The van der Waals surface area contributed by atoms with Crippen LogP contribution in [0.4, 0.5) is 0 Å². The number of rotatable bonds is 10. The molecule has 1 heterocycles. The van der Waals surface area contributed by atoms with E-state index in [-0.39, 0.29) is 12.2 Å². The highest BCUT2D eigenvalue weighted by molar-refractivity contribution is 6.30. The fourth-order valence-corrected chi connectivity index (χ4v) is 3.64. The first kappa shape index (κ1) is 19.1. The van der Waals surface area contributed by atoms with Crippen molar-refractivity contribution in [3.05, 3.63) is 69.7 Å². The molecule has 2 aromatic rings. The third-order valence-corrected chi connectivity index (χ3v) is 5.34. The van der Waals surface area contributed by atoms with Crippen molar-refractivity contribution in [1.29, 1.82) is 0 Å². The number of unbranched alkanes of at least 4 members (excludes halogenated alkanes) is 4. The lowest BCUT2D eigenvalue weighted by Gasteiger charge is -2.09. The molecule has 0 N–H and O–H groups in total. The van der Waals surface area contributed by atoms with Crippen LogP contribution in [0, 0.1) is 6.92 Å². The van der Waals surface area contributed by atoms with Crippen molar-refractivity contribution in [1.82, 2.24) is 0 Å². The van der Waals surface area contributed by atoms with E-state index in [4.69, 9.17) is 16.3 Å². The van der Waals surface area contributed by atoms with Gasteiger partial charge in [0.1, 0.15) is 12.2 Å². The topological polar surface area (TPSA) is 29.6 Å². The van der Waals surface area contributed by atoms with Crippen LogP contribution in [0.15, 0.2) is 42.5 Å². The number of epoxide rings is 1. The molecule has 0 radical (unpaired) electrons. The largest absolute Gasteiger partial charge is 0.356 e. The molecule has 0 aliphatic carbocycles. The first-order valence-corrected chi connectivity index (χ1v) is 10.00. The van der Waals surface area contributed by atoms with Crippen molar-refractivity contribution < 1.29 is 9.53 Å². The molecule has 2 aromatic carbocycles. The second-order valence-electron chi connectivity index (χ2n) is 7.25. The van der Waals surface area contributed by atoms with Gasteiger partial charge in [0.25, 0.3) is 0 Å². The van der Waals surface area contributed by atoms with E-state index in [1.54, 1.807) is 0 Å². The van der Waals surface area contributed by atoms with Crippen LogP contribution in [0.5, 0.6) is 0 Å². The van der Waals surface area contributed by atoms with Gasteiger partial charge in [-0.2, -0.15) is 0 Å². The number of aryl methyl sites for hydroxylation is 3. The number of benzene rings is 2. The lowest BCUT2D eigenvalue weighted by atomic mass is 9.96. The Hall–Kier alpha value is -1.64. The lowest BCUT2D eigenvalue weighted by molar-refractivity contribution is -0.108. The molecule has 2 nitrogen and oxygen atoms in total. The highest BCUT2D eigenvalue weighted by atomic mass is 35.5. The van der Waals surface area contributed by atoms with Gasteiger partial charge in [-0.05, 0) is 61.4 Å². The van der Waals surface area contributed by atoms with E-state index >= 15 is 0 Å². The van der Waals surface area contributed by atoms with Gasteiger partial charge in [0.2, 0.25) is 0 Å². The van der Waals surface area contributed by atoms with E-state index in [0.717, 1.165) is 24.2 Å². The Morgan fingerprint density at radius 2 is 1.65 bits per heavy atom. The van der Waals surface area contributed by atoms with Crippen molar-refractivity contribution in [3.8, 4) is 0 Å². The van der Waals surface area contributed by atoms with Crippen LogP contribution in [0.3, 0.4) is 0 Å². The third kappa shape index (κ3) is 5.43. The number of aldehydes is 1. The summed E-state index contributed by atoms with van der Waals surface area (Å²) in [6.07, 6.45) is 9.07. The predicted octanol–water partition coefficient (Wildman–Crippen LogP) is 6.02. The molecule has 2 atom stereocenters. The molecule has 1 aliphatic heterocycles. The van der Waals surface area contributed by atoms with E-state index in [9.17, 15) is 4.79 Å². The highest BCUT2D eigenvalue weighted by Crippen LogP contribution is 2.39. The van der Waals surface area contributed by atoms with Gasteiger partial charge in [0.05, 0.1) is 0 Å². The summed E-state index contributed by atoms with van der Waals surface area (Å²) in [6, 6.07) is 14.7. The Kier molecular flexibility index (Phi) is 6.87. The van der Waals surface area contributed by atoms with Crippen molar-refractivity contribution >= 4 is 17.9 Å². The molecule has 2 unspecified atom stereocenters. The Labute approximate surface area is 161 Å².